The van der Waals surface area contributed by atoms with Crippen LogP contribution in [0.5, 0.6) is 0 Å². The molecule has 20 heavy (non-hydrogen) atoms. The van der Waals surface area contributed by atoms with E-state index in [-0.39, 0.29) is 0 Å². The topological polar surface area (TPSA) is 15.3 Å². The second-order valence-corrected chi connectivity index (χ2v) is 6.79. The summed E-state index contributed by atoms with van der Waals surface area (Å²) in [7, 11) is 0. The lowest BCUT2D eigenvalue weighted by Crippen LogP contribution is -2.56. The fourth-order valence-electron chi connectivity index (χ4n) is 3.39. The van der Waals surface area contributed by atoms with Gasteiger partial charge in [-0.15, -0.1) is 0 Å². The molecule has 2 aliphatic rings. The molecule has 1 aromatic rings. The predicted molar refractivity (Wildman–Crippen MR) is 85.1 cm³/mol. The average molecular weight is 293 g/mol. The molecule has 0 radical (unpaired) electrons. The van der Waals surface area contributed by atoms with E-state index in [4.69, 9.17) is 11.6 Å². The maximum atomic E-state index is 5.98. The van der Waals surface area contributed by atoms with Crippen molar-refractivity contribution in [1.82, 2.24) is 10.2 Å². The molecule has 0 amide bonds. The number of nitrogens with zero attached hydrogens (tertiary/aromatic N) is 1. The maximum Gasteiger partial charge on any atom is 0.0406 e. The Hall–Kier alpha value is -0.570. The Morgan fingerprint density at radius 3 is 2.65 bits per heavy atom. The first-order chi connectivity index (χ1) is 9.76. The van der Waals surface area contributed by atoms with E-state index in [2.05, 4.69) is 29.3 Å². The molecule has 2 atom stereocenters. The zero-order valence-electron chi connectivity index (χ0n) is 12.3. The number of benzene rings is 1. The van der Waals surface area contributed by atoms with Gasteiger partial charge in [-0.25, -0.2) is 0 Å². The third-order valence-corrected chi connectivity index (χ3v) is 4.89. The quantitative estimate of drug-likeness (QED) is 0.890. The predicted octanol–water partition coefficient (Wildman–Crippen LogP) is 3.69. The van der Waals surface area contributed by atoms with Gasteiger partial charge in [-0.05, 0) is 42.9 Å². The molecule has 1 aliphatic heterocycles. The van der Waals surface area contributed by atoms with Gasteiger partial charge in [0, 0.05) is 36.7 Å². The van der Waals surface area contributed by atoms with Gasteiger partial charge in [-0.2, -0.15) is 0 Å². The highest BCUT2D eigenvalue weighted by atomic mass is 35.5. The number of hydrogen-bond acceptors (Lipinski definition) is 2. The molecular weight excluding hydrogens is 268 g/mol. The van der Waals surface area contributed by atoms with Crippen LogP contribution in [0.25, 0.3) is 0 Å². The summed E-state index contributed by atoms with van der Waals surface area (Å²) < 4.78 is 0. The van der Waals surface area contributed by atoms with Crippen LogP contribution in [0.1, 0.15) is 38.2 Å². The standard InChI is InChI=1S/C17H25ClN2/c1-2-3-16-12-20(17(10-19-16)14-6-7-14)11-13-4-8-15(18)9-5-13/h4-5,8-9,14,16-17,19H,2-3,6-7,10-12H2,1H3. The van der Waals surface area contributed by atoms with Crippen molar-refractivity contribution in [3.05, 3.63) is 34.9 Å². The van der Waals surface area contributed by atoms with Crippen LogP contribution in [-0.4, -0.2) is 30.1 Å². The molecule has 0 aromatic heterocycles. The van der Waals surface area contributed by atoms with E-state index < -0.39 is 0 Å². The van der Waals surface area contributed by atoms with Gasteiger partial charge >= 0.3 is 0 Å². The number of piperazine rings is 1. The Morgan fingerprint density at radius 1 is 1.25 bits per heavy atom. The van der Waals surface area contributed by atoms with Crippen molar-refractivity contribution in [2.45, 2.75) is 51.2 Å². The molecule has 1 N–H and O–H groups in total. The molecule has 0 bridgehead atoms. The molecule has 1 heterocycles. The number of halogens is 1. The maximum absolute atomic E-state index is 5.98. The van der Waals surface area contributed by atoms with E-state index in [1.54, 1.807) is 0 Å². The highest BCUT2D eigenvalue weighted by Gasteiger charge is 2.38. The number of nitrogens with one attached hydrogen (secondary N) is 1. The van der Waals surface area contributed by atoms with Gasteiger partial charge in [0.1, 0.15) is 0 Å². The summed E-state index contributed by atoms with van der Waals surface area (Å²) >= 11 is 5.98. The van der Waals surface area contributed by atoms with Crippen LogP contribution < -0.4 is 5.32 Å². The highest BCUT2D eigenvalue weighted by Crippen LogP contribution is 2.37. The SMILES string of the molecule is CCCC1CN(Cc2ccc(Cl)cc2)C(C2CC2)CN1. The van der Waals surface area contributed by atoms with Gasteiger partial charge in [0.15, 0.2) is 0 Å². The second kappa shape index (κ2) is 6.46. The van der Waals surface area contributed by atoms with Gasteiger partial charge in [0.2, 0.25) is 0 Å². The first kappa shape index (κ1) is 14.4. The molecule has 1 aliphatic carbocycles. The highest BCUT2D eigenvalue weighted by molar-refractivity contribution is 6.30. The van der Waals surface area contributed by atoms with Crippen molar-refractivity contribution < 1.29 is 0 Å². The van der Waals surface area contributed by atoms with E-state index in [0.29, 0.717) is 6.04 Å². The van der Waals surface area contributed by atoms with Gasteiger partial charge < -0.3 is 5.32 Å². The second-order valence-electron chi connectivity index (χ2n) is 6.35. The summed E-state index contributed by atoms with van der Waals surface area (Å²) in [6.45, 7) is 5.71. The molecule has 2 unspecified atom stereocenters. The molecular formula is C17H25ClN2. The molecule has 3 rings (SSSR count). The molecule has 2 nitrogen and oxygen atoms in total. The zero-order valence-corrected chi connectivity index (χ0v) is 13.1. The summed E-state index contributed by atoms with van der Waals surface area (Å²) in [5, 5.41) is 4.58. The summed E-state index contributed by atoms with van der Waals surface area (Å²) in [5.41, 5.74) is 1.39. The van der Waals surface area contributed by atoms with Crippen molar-refractivity contribution in [2.75, 3.05) is 13.1 Å². The molecule has 1 saturated heterocycles. The van der Waals surface area contributed by atoms with E-state index in [0.717, 1.165) is 23.5 Å². The van der Waals surface area contributed by atoms with E-state index in [1.807, 2.05) is 12.1 Å². The first-order valence-corrected chi connectivity index (χ1v) is 8.36. The van der Waals surface area contributed by atoms with E-state index in [1.165, 1.54) is 44.3 Å². The third kappa shape index (κ3) is 3.55. The Bertz CT molecular complexity index is 427. The Balaban J connectivity index is 1.67. The van der Waals surface area contributed by atoms with Crippen molar-refractivity contribution in [1.29, 1.82) is 0 Å². The summed E-state index contributed by atoms with van der Waals surface area (Å²) in [4.78, 5) is 2.71. The summed E-state index contributed by atoms with van der Waals surface area (Å²) in [5.74, 6) is 0.928. The molecule has 110 valence electrons. The van der Waals surface area contributed by atoms with Crippen LogP contribution >= 0.6 is 11.6 Å². The normalized spacial score (nSPS) is 27.7. The Kier molecular flexibility index (Phi) is 4.65. The number of hydrogen-bond donors (Lipinski definition) is 1. The molecule has 2 fully saturated rings. The van der Waals surface area contributed by atoms with E-state index >= 15 is 0 Å². The summed E-state index contributed by atoms with van der Waals surface area (Å²) in [6.07, 6.45) is 5.39. The van der Waals surface area contributed by atoms with Crippen LogP contribution in [-0.2, 0) is 6.54 Å². The fourth-order valence-corrected chi connectivity index (χ4v) is 3.52. The average Bonchev–Trinajstić information content (AvgIpc) is 3.27. The molecule has 0 spiro atoms. The van der Waals surface area contributed by atoms with Crippen LogP contribution in [0, 0.1) is 5.92 Å². The van der Waals surface area contributed by atoms with Gasteiger partial charge in [-0.1, -0.05) is 37.1 Å². The zero-order chi connectivity index (χ0) is 13.9. The minimum Gasteiger partial charge on any atom is -0.311 e. The van der Waals surface area contributed by atoms with Crippen molar-refractivity contribution >= 4 is 11.6 Å². The van der Waals surface area contributed by atoms with Gasteiger partial charge in [0.25, 0.3) is 0 Å². The van der Waals surface area contributed by atoms with E-state index in [9.17, 15) is 0 Å². The molecule has 1 saturated carbocycles. The van der Waals surface area contributed by atoms with Crippen LogP contribution in [0.4, 0.5) is 0 Å². The molecule has 3 heteroatoms. The van der Waals surface area contributed by atoms with Crippen LogP contribution in [0.15, 0.2) is 24.3 Å². The first-order valence-electron chi connectivity index (χ1n) is 7.98. The summed E-state index contributed by atoms with van der Waals surface area (Å²) in [6, 6.07) is 9.76. The largest absolute Gasteiger partial charge is 0.311 e. The molecule has 1 aromatic carbocycles. The lowest BCUT2D eigenvalue weighted by atomic mass is 10.0. The van der Waals surface area contributed by atoms with Crippen molar-refractivity contribution in [2.24, 2.45) is 5.92 Å². The third-order valence-electron chi connectivity index (χ3n) is 4.64. The monoisotopic (exact) mass is 292 g/mol. The Morgan fingerprint density at radius 2 is 2.00 bits per heavy atom. The van der Waals surface area contributed by atoms with Crippen molar-refractivity contribution in [3.63, 3.8) is 0 Å². The smallest absolute Gasteiger partial charge is 0.0406 e. The van der Waals surface area contributed by atoms with Crippen LogP contribution in [0.2, 0.25) is 5.02 Å². The minimum absolute atomic E-state index is 0.669. The number of rotatable bonds is 5. The van der Waals surface area contributed by atoms with Gasteiger partial charge in [0.05, 0.1) is 0 Å². The van der Waals surface area contributed by atoms with Crippen molar-refractivity contribution in [3.8, 4) is 0 Å². The lowest BCUT2D eigenvalue weighted by Gasteiger charge is -2.41. The Labute approximate surface area is 127 Å². The fraction of sp³-hybridized carbons (Fsp3) is 0.647. The minimum atomic E-state index is 0.669. The van der Waals surface area contributed by atoms with Crippen LogP contribution in [0.3, 0.4) is 0 Å². The van der Waals surface area contributed by atoms with Gasteiger partial charge in [-0.3, -0.25) is 4.90 Å². The lowest BCUT2D eigenvalue weighted by molar-refractivity contribution is 0.104.